The first kappa shape index (κ1) is 23.4. The number of urea groups is 1. The quantitative estimate of drug-likeness (QED) is 0.259. The maximum absolute atomic E-state index is 11.7. The number of rotatable bonds is 6. The molecule has 160 valence electrons. The van der Waals surface area contributed by atoms with Crippen molar-refractivity contribution in [3.63, 3.8) is 0 Å². The van der Waals surface area contributed by atoms with Gasteiger partial charge in [0.25, 0.3) is 0 Å². The summed E-state index contributed by atoms with van der Waals surface area (Å²) in [5.41, 5.74) is 2.64. The molecule has 3 amide bonds. The molecule has 0 bridgehead atoms. The van der Waals surface area contributed by atoms with Gasteiger partial charge in [-0.1, -0.05) is 29.8 Å². The first-order chi connectivity index (χ1) is 13.6. The van der Waals surface area contributed by atoms with Crippen molar-refractivity contribution in [2.24, 2.45) is 4.99 Å². The monoisotopic (exact) mass is 514 g/mol. The Morgan fingerprint density at radius 1 is 1.21 bits per heavy atom. The molecule has 29 heavy (non-hydrogen) atoms. The van der Waals surface area contributed by atoms with E-state index >= 15 is 0 Å². The number of hydrogen-bond acceptors (Lipinski definition) is 4. The summed E-state index contributed by atoms with van der Waals surface area (Å²) in [6.45, 7) is 10.5. The van der Waals surface area contributed by atoms with Crippen LogP contribution in [0.3, 0.4) is 0 Å². The molecule has 9 heteroatoms. The Bertz CT molecular complexity index is 717. The normalized spacial score (nSPS) is 17.9. The van der Waals surface area contributed by atoms with Crippen LogP contribution in [0.1, 0.15) is 18.1 Å². The number of aryl methyl sites for hydroxylation is 1. The predicted molar refractivity (Wildman–Crippen MR) is 125 cm³/mol. The van der Waals surface area contributed by atoms with Crippen LogP contribution in [0.15, 0.2) is 29.3 Å². The van der Waals surface area contributed by atoms with Crippen LogP contribution >= 0.6 is 24.0 Å². The third kappa shape index (κ3) is 6.56. The minimum Gasteiger partial charge on any atom is -0.357 e. The average molecular weight is 514 g/mol. The van der Waals surface area contributed by atoms with Crippen molar-refractivity contribution < 1.29 is 9.59 Å². The Morgan fingerprint density at radius 3 is 2.59 bits per heavy atom. The molecule has 2 aliphatic heterocycles. The van der Waals surface area contributed by atoms with E-state index in [-0.39, 0.29) is 42.5 Å². The van der Waals surface area contributed by atoms with E-state index in [2.05, 4.69) is 56.6 Å². The second kappa shape index (κ2) is 11.3. The fourth-order valence-electron chi connectivity index (χ4n) is 3.55. The van der Waals surface area contributed by atoms with Crippen molar-refractivity contribution in [1.29, 1.82) is 0 Å². The van der Waals surface area contributed by atoms with E-state index in [9.17, 15) is 9.59 Å². The maximum atomic E-state index is 11.7. The Kier molecular flexibility index (Phi) is 9.15. The summed E-state index contributed by atoms with van der Waals surface area (Å²) in [6, 6.07) is 8.34. The molecule has 2 heterocycles. The van der Waals surface area contributed by atoms with Gasteiger partial charge in [-0.3, -0.25) is 19.6 Å². The van der Waals surface area contributed by atoms with Gasteiger partial charge in [0.1, 0.15) is 0 Å². The number of nitrogens with one attached hydrogen (secondary N) is 2. The summed E-state index contributed by atoms with van der Waals surface area (Å²) in [4.78, 5) is 33.8. The second-order valence-corrected chi connectivity index (χ2v) is 7.19. The molecule has 2 saturated heterocycles. The zero-order valence-electron chi connectivity index (χ0n) is 17.2. The molecule has 0 radical (unpaired) electrons. The number of guanidine groups is 1. The van der Waals surface area contributed by atoms with Gasteiger partial charge in [-0.05, 0) is 19.4 Å². The van der Waals surface area contributed by atoms with Crippen LogP contribution in [0.5, 0.6) is 0 Å². The molecule has 0 unspecified atom stereocenters. The Morgan fingerprint density at radius 2 is 1.97 bits per heavy atom. The number of carbonyl (C=O) groups excluding carboxylic acids is 2. The van der Waals surface area contributed by atoms with E-state index in [1.54, 1.807) is 0 Å². The summed E-state index contributed by atoms with van der Waals surface area (Å²) in [7, 11) is 0. The highest BCUT2D eigenvalue weighted by Crippen LogP contribution is 2.10. The summed E-state index contributed by atoms with van der Waals surface area (Å²) in [5.74, 6) is 0.666. The fourth-order valence-corrected chi connectivity index (χ4v) is 3.55. The lowest BCUT2D eigenvalue weighted by atomic mass is 10.1. The molecular formula is C20H31IN6O2. The molecule has 3 rings (SSSR count). The van der Waals surface area contributed by atoms with Crippen molar-refractivity contribution in [3.05, 3.63) is 35.4 Å². The van der Waals surface area contributed by atoms with Gasteiger partial charge >= 0.3 is 6.03 Å². The SMILES string of the molecule is CCNC(=NCCN1C(=O)CNC1=O)N1CCN(Cc2cccc(C)c2)CC1.I. The molecule has 0 aromatic heterocycles. The number of hydrogen-bond donors (Lipinski definition) is 2. The fraction of sp³-hybridized carbons (Fsp3) is 0.550. The summed E-state index contributed by atoms with van der Waals surface area (Å²) >= 11 is 0. The molecule has 0 atom stereocenters. The third-order valence-electron chi connectivity index (χ3n) is 5.02. The van der Waals surface area contributed by atoms with Crippen molar-refractivity contribution in [2.75, 3.05) is 52.4 Å². The second-order valence-electron chi connectivity index (χ2n) is 7.19. The summed E-state index contributed by atoms with van der Waals surface area (Å²) < 4.78 is 0. The molecule has 0 saturated carbocycles. The Labute approximate surface area is 189 Å². The van der Waals surface area contributed by atoms with E-state index in [0.29, 0.717) is 13.1 Å². The van der Waals surface area contributed by atoms with Crippen LogP contribution in [0.4, 0.5) is 4.79 Å². The highest BCUT2D eigenvalue weighted by atomic mass is 127. The molecule has 2 fully saturated rings. The Balaban J connectivity index is 0.00000300. The number of amides is 3. The first-order valence-corrected chi connectivity index (χ1v) is 9.96. The molecule has 1 aromatic rings. The van der Waals surface area contributed by atoms with Crippen molar-refractivity contribution in [2.45, 2.75) is 20.4 Å². The van der Waals surface area contributed by atoms with E-state index in [0.717, 1.165) is 45.2 Å². The van der Waals surface area contributed by atoms with E-state index < -0.39 is 0 Å². The number of carbonyl (C=O) groups is 2. The lowest BCUT2D eigenvalue weighted by Gasteiger charge is -2.36. The van der Waals surface area contributed by atoms with Crippen molar-refractivity contribution >= 4 is 41.9 Å². The lowest BCUT2D eigenvalue weighted by Crippen LogP contribution is -2.52. The van der Waals surface area contributed by atoms with Crippen LogP contribution in [0.2, 0.25) is 0 Å². The average Bonchev–Trinajstić information content (AvgIpc) is 3.00. The standard InChI is InChI=1S/C20H30N6O2.HI/c1-3-21-19(22-7-8-26-18(27)14-23-20(26)28)25-11-9-24(10-12-25)15-17-6-4-5-16(2)13-17;/h4-6,13H,3,7-12,14-15H2,1-2H3,(H,21,22)(H,23,28);1H. The van der Waals surface area contributed by atoms with E-state index in [1.165, 1.54) is 16.0 Å². The van der Waals surface area contributed by atoms with Crippen LogP contribution in [0, 0.1) is 6.92 Å². The highest BCUT2D eigenvalue weighted by Gasteiger charge is 2.27. The van der Waals surface area contributed by atoms with Gasteiger partial charge in [-0.15, -0.1) is 24.0 Å². The number of piperazine rings is 1. The van der Waals surface area contributed by atoms with Crippen molar-refractivity contribution in [3.8, 4) is 0 Å². The zero-order chi connectivity index (χ0) is 19.9. The Hall–Kier alpha value is -1.88. The van der Waals surface area contributed by atoms with Gasteiger partial charge in [0, 0.05) is 39.3 Å². The largest absolute Gasteiger partial charge is 0.357 e. The summed E-state index contributed by atoms with van der Waals surface area (Å²) in [6.07, 6.45) is 0. The molecule has 1 aromatic carbocycles. The van der Waals surface area contributed by atoms with Crippen LogP contribution < -0.4 is 10.6 Å². The maximum Gasteiger partial charge on any atom is 0.324 e. The lowest BCUT2D eigenvalue weighted by molar-refractivity contribution is -0.124. The number of halogens is 1. The topological polar surface area (TPSA) is 80.3 Å². The van der Waals surface area contributed by atoms with Gasteiger partial charge in [0.15, 0.2) is 5.96 Å². The first-order valence-electron chi connectivity index (χ1n) is 9.96. The molecule has 2 aliphatic rings. The van der Waals surface area contributed by atoms with Gasteiger partial charge < -0.3 is 15.5 Å². The molecular weight excluding hydrogens is 483 g/mol. The van der Waals surface area contributed by atoms with Gasteiger partial charge in [-0.2, -0.15) is 0 Å². The molecule has 8 nitrogen and oxygen atoms in total. The van der Waals surface area contributed by atoms with Gasteiger partial charge in [-0.25, -0.2) is 4.79 Å². The van der Waals surface area contributed by atoms with Gasteiger partial charge in [0.2, 0.25) is 5.91 Å². The molecule has 0 spiro atoms. The van der Waals surface area contributed by atoms with Crippen LogP contribution in [-0.2, 0) is 11.3 Å². The summed E-state index contributed by atoms with van der Waals surface area (Å²) in [5, 5.41) is 5.86. The smallest absolute Gasteiger partial charge is 0.324 e. The number of aliphatic imine (C=N–C) groups is 1. The van der Waals surface area contributed by atoms with Gasteiger partial charge in [0.05, 0.1) is 19.6 Å². The predicted octanol–water partition coefficient (Wildman–Crippen LogP) is 1.25. The molecule has 0 aliphatic carbocycles. The molecule has 2 N–H and O–H groups in total. The minimum absolute atomic E-state index is 0. The van der Waals surface area contributed by atoms with E-state index in [4.69, 9.17) is 0 Å². The van der Waals surface area contributed by atoms with Crippen LogP contribution in [-0.4, -0.2) is 85.0 Å². The highest BCUT2D eigenvalue weighted by molar-refractivity contribution is 14.0. The van der Waals surface area contributed by atoms with Crippen molar-refractivity contribution in [1.82, 2.24) is 25.3 Å². The minimum atomic E-state index is -0.324. The number of imide groups is 1. The number of nitrogens with zero attached hydrogens (tertiary/aromatic N) is 4. The van der Waals surface area contributed by atoms with Crippen LogP contribution in [0.25, 0.3) is 0 Å². The number of benzene rings is 1. The van der Waals surface area contributed by atoms with E-state index in [1.807, 2.05) is 6.92 Å². The zero-order valence-corrected chi connectivity index (χ0v) is 19.5. The third-order valence-corrected chi connectivity index (χ3v) is 5.02.